The van der Waals surface area contributed by atoms with Crippen LogP contribution in [0.5, 0.6) is 0 Å². The van der Waals surface area contributed by atoms with Gasteiger partial charge in [-0.25, -0.2) is 0 Å². The third-order valence-corrected chi connectivity index (χ3v) is 2.71. The number of nitrogens with two attached hydrogens (primary N) is 1. The molecular formula is C13H29N3O. The first kappa shape index (κ1) is 16.4. The summed E-state index contributed by atoms with van der Waals surface area (Å²) in [6.45, 7) is 9.12. The van der Waals surface area contributed by atoms with Gasteiger partial charge in [-0.15, -0.1) is 0 Å². The number of nitrogens with zero attached hydrogens (tertiary/aromatic N) is 1. The molecule has 4 heteroatoms. The zero-order chi connectivity index (χ0) is 13.6. The lowest BCUT2D eigenvalue weighted by Crippen LogP contribution is -2.50. The molecule has 3 N–H and O–H groups in total. The highest BCUT2D eigenvalue weighted by atomic mass is 16.2. The van der Waals surface area contributed by atoms with Crippen molar-refractivity contribution >= 4 is 5.91 Å². The maximum atomic E-state index is 11.9. The van der Waals surface area contributed by atoms with Gasteiger partial charge in [-0.3, -0.25) is 4.79 Å². The number of carbonyl (C=O) groups excluding carboxylic acids is 1. The lowest BCUT2D eigenvalue weighted by molar-refractivity contribution is -0.124. The first-order chi connectivity index (χ1) is 7.73. The van der Waals surface area contributed by atoms with E-state index < -0.39 is 6.04 Å². The Morgan fingerprint density at radius 3 is 2.12 bits per heavy atom. The number of nitrogens with one attached hydrogen (secondary N) is 1. The standard InChI is InChI=1S/C13H29N3O/c1-9(2)7-11(8-16(5)6)15-13(17)12(14)10(3)4/h9-12H,7-8,14H2,1-6H3,(H,15,17). The van der Waals surface area contributed by atoms with Crippen molar-refractivity contribution in [3.63, 3.8) is 0 Å². The summed E-state index contributed by atoms with van der Waals surface area (Å²) >= 11 is 0. The van der Waals surface area contributed by atoms with Crippen LogP contribution in [-0.2, 0) is 4.79 Å². The average Bonchev–Trinajstić information content (AvgIpc) is 2.13. The number of carbonyl (C=O) groups is 1. The third kappa shape index (κ3) is 7.34. The maximum Gasteiger partial charge on any atom is 0.237 e. The van der Waals surface area contributed by atoms with Crippen molar-refractivity contribution in [2.45, 2.75) is 46.2 Å². The van der Waals surface area contributed by atoms with E-state index in [0.29, 0.717) is 5.92 Å². The van der Waals surface area contributed by atoms with Crippen LogP contribution in [0.4, 0.5) is 0 Å². The van der Waals surface area contributed by atoms with Crippen LogP contribution in [0.25, 0.3) is 0 Å². The number of rotatable bonds is 7. The van der Waals surface area contributed by atoms with E-state index in [-0.39, 0.29) is 17.9 Å². The largest absolute Gasteiger partial charge is 0.351 e. The molecule has 0 bridgehead atoms. The number of amides is 1. The topological polar surface area (TPSA) is 58.4 Å². The molecule has 0 rings (SSSR count). The molecule has 0 aromatic carbocycles. The Kier molecular flexibility index (Phi) is 7.39. The summed E-state index contributed by atoms with van der Waals surface area (Å²) < 4.78 is 0. The highest BCUT2D eigenvalue weighted by Crippen LogP contribution is 2.07. The van der Waals surface area contributed by atoms with Gasteiger partial charge in [0.1, 0.15) is 0 Å². The zero-order valence-electron chi connectivity index (χ0n) is 12.2. The van der Waals surface area contributed by atoms with Crippen LogP contribution in [-0.4, -0.2) is 43.5 Å². The third-order valence-electron chi connectivity index (χ3n) is 2.71. The second-order valence-corrected chi connectivity index (χ2v) is 5.87. The predicted molar refractivity (Wildman–Crippen MR) is 72.8 cm³/mol. The Balaban J connectivity index is 4.36. The highest BCUT2D eigenvalue weighted by molar-refractivity contribution is 5.82. The Labute approximate surface area is 106 Å². The van der Waals surface area contributed by atoms with Crippen LogP contribution >= 0.6 is 0 Å². The normalized spacial score (nSPS) is 15.4. The Morgan fingerprint density at radius 1 is 1.24 bits per heavy atom. The van der Waals surface area contributed by atoms with Crippen molar-refractivity contribution in [1.29, 1.82) is 0 Å². The molecule has 17 heavy (non-hydrogen) atoms. The molecule has 2 atom stereocenters. The van der Waals surface area contributed by atoms with Gasteiger partial charge in [0, 0.05) is 12.6 Å². The van der Waals surface area contributed by atoms with Gasteiger partial charge in [0.15, 0.2) is 0 Å². The molecule has 0 radical (unpaired) electrons. The van der Waals surface area contributed by atoms with Crippen molar-refractivity contribution in [2.24, 2.45) is 17.6 Å². The molecule has 4 nitrogen and oxygen atoms in total. The molecule has 2 unspecified atom stereocenters. The fourth-order valence-electron chi connectivity index (χ4n) is 1.79. The Bertz CT molecular complexity index is 217. The van der Waals surface area contributed by atoms with E-state index in [4.69, 9.17) is 5.73 Å². The molecule has 0 aromatic rings. The predicted octanol–water partition coefficient (Wildman–Crippen LogP) is 1.06. The van der Waals surface area contributed by atoms with Crippen molar-refractivity contribution in [2.75, 3.05) is 20.6 Å². The lowest BCUT2D eigenvalue weighted by Gasteiger charge is -2.26. The van der Waals surface area contributed by atoms with E-state index in [9.17, 15) is 4.79 Å². The quantitative estimate of drug-likeness (QED) is 0.703. The van der Waals surface area contributed by atoms with E-state index in [2.05, 4.69) is 24.1 Å². The van der Waals surface area contributed by atoms with Gasteiger partial charge < -0.3 is 16.0 Å². The summed E-state index contributed by atoms with van der Waals surface area (Å²) in [4.78, 5) is 14.0. The van der Waals surface area contributed by atoms with Crippen LogP contribution < -0.4 is 11.1 Å². The summed E-state index contributed by atoms with van der Waals surface area (Å²) in [6, 6.07) is -0.228. The molecule has 0 spiro atoms. The molecule has 1 amide bonds. The highest BCUT2D eigenvalue weighted by Gasteiger charge is 2.21. The van der Waals surface area contributed by atoms with Crippen molar-refractivity contribution in [3.05, 3.63) is 0 Å². The monoisotopic (exact) mass is 243 g/mol. The van der Waals surface area contributed by atoms with E-state index in [1.54, 1.807) is 0 Å². The fraction of sp³-hybridized carbons (Fsp3) is 0.923. The first-order valence-electron chi connectivity index (χ1n) is 6.44. The second kappa shape index (κ2) is 7.67. The number of hydrogen-bond acceptors (Lipinski definition) is 3. The SMILES string of the molecule is CC(C)CC(CN(C)C)NC(=O)C(N)C(C)C. The van der Waals surface area contributed by atoms with Gasteiger partial charge in [-0.2, -0.15) is 0 Å². The van der Waals surface area contributed by atoms with Crippen LogP contribution in [0.3, 0.4) is 0 Å². The summed E-state index contributed by atoms with van der Waals surface area (Å²) in [5, 5.41) is 3.06. The number of likely N-dealkylation sites (N-methyl/N-ethyl adjacent to an activating group) is 1. The minimum Gasteiger partial charge on any atom is -0.351 e. The van der Waals surface area contributed by atoms with Gasteiger partial charge in [-0.1, -0.05) is 27.7 Å². The molecule has 0 saturated carbocycles. The van der Waals surface area contributed by atoms with Gasteiger partial charge in [0.25, 0.3) is 0 Å². The molecule has 0 aliphatic carbocycles. The van der Waals surface area contributed by atoms with E-state index >= 15 is 0 Å². The smallest absolute Gasteiger partial charge is 0.237 e. The maximum absolute atomic E-state index is 11.9. The minimum atomic E-state index is -0.410. The molecule has 0 fully saturated rings. The molecule has 0 aromatic heterocycles. The van der Waals surface area contributed by atoms with Gasteiger partial charge in [-0.05, 0) is 32.4 Å². The Morgan fingerprint density at radius 2 is 1.76 bits per heavy atom. The molecule has 0 saturated heterocycles. The van der Waals surface area contributed by atoms with Crippen molar-refractivity contribution in [3.8, 4) is 0 Å². The summed E-state index contributed by atoms with van der Waals surface area (Å²) in [7, 11) is 4.03. The summed E-state index contributed by atoms with van der Waals surface area (Å²) in [5.74, 6) is 0.706. The lowest BCUT2D eigenvalue weighted by atomic mass is 10.0. The van der Waals surface area contributed by atoms with Crippen LogP contribution in [0, 0.1) is 11.8 Å². The van der Waals surface area contributed by atoms with Crippen LogP contribution in [0.2, 0.25) is 0 Å². The van der Waals surface area contributed by atoms with E-state index in [0.717, 1.165) is 13.0 Å². The summed E-state index contributed by atoms with van der Waals surface area (Å²) in [6.07, 6.45) is 0.981. The van der Waals surface area contributed by atoms with Crippen molar-refractivity contribution in [1.82, 2.24) is 10.2 Å². The zero-order valence-corrected chi connectivity index (χ0v) is 12.2. The van der Waals surface area contributed by atoms with Crippen LogP contribution in [0.1, 0.15) is 34.1 Å². The molecule has 0 heterocycles. The Hall–Kier alpha value is -0.610. The second-order valence-electron chi connectivity index (χ2n) is 5.87. The van der Waals surface area contributed by atoms with Gasteiger partial charge in [0.2, 0.25) is 5.91 Å². The molecule has 102 valence electrons. The fourth-order valence-corrected chi connectivity index (χ4v) is 1.79. The van der Waals surface area contributed by atoms with Crippen molar-refractivity contribution < 1.29 is 4.79 Å². The average molecular weight is 243 g/mol. The van der Waals surface area contributed by atoms with Gasteiger partial charge >= 0.3 is 0 Å². The minimum absolute atomic E-state index is 0.0347. The summed E-state index contributed by atoms with van der Waals surface area (Å²) in [5.41, 5.74) is 5.84. The molecular weight excluding hydrogens is 214 g/mol. The van der Waals surface area contributed by atoms with Crippen LogP contribution in [0.15, 0.2) is 0 Å². The first-order valence-corrected chi connectivity index (χ1v) is 6.44. The van der Waals surface area contributed by atoms with Gasteiger partial charge in [0.05, 0.1) is 6.04 Å². The van der Waals surface area contributed by atoms with E-state index in [1.165, 1.54) is 0 Å². The number of hydrogen-bond donors (Lipinski definition) is 2. The van der Waals surface area contributed by atoms with E-state index in [1.807, 2.05) is 27.9 Å². The molecule has 0 aliphatic heterocycles. The molecule has 0 aliphatic rings.